The highest BCUT2D eigenvalue weighted by molar-refractivity contribution is 5.79. The predicted octanol–water partition coefficient (Wildman–Crippen LogP) is 3.31. The lowest BCUT2D eigenvalue weighted by molar-refractivity contribution is -0.120. The van der Waals surface area contributed by atoms with Gasteiger partial charge in [-0.3, -0.25) is 4.79 Å². The molecule has 0 bridgehead atoms. The summed E-state index contributed by atoms with van der Waals surface area (Å²) >= 11 is 0. The molecule has 4 heteroatoms. The summed E-state index contributed by atoms with van der Waals surface area (Å²) in [6.45, 7) is 2.19. The van der Waals surface area contributed by atoms with E-state index in [-0.39, 0.29) is 5.91 Å². The van der Waals surface area contributed by atoms with E-state index in [1.165, 1.54) is 19.3 Å². The monoisotopic (exact) mass is 276 g/mol. The van der Waals surface area contributed by atoms with Gasteiger partial charge in [0.05, 0.1) is 13.5 Å². The molecule has 0 saturated heterocycles. The van der Waals surface area contributed by atoms with Crippen molar-refractivity contribution in [1.29, 1.82) is 0 Å². The number of nitrogens with zero attached hydrogens (tertiary/aromatic N) is 1. The molecule has 0 aliphatic rings. The van der Waals surface area contributed by atoms with Crippen LogP contribution in [0.5, 0.6) is 5.75 Å². The molecular weight excluding hydrogens is 252 g/mol. The van der Waals surface area contributed by atoms with E-state index in [1.54, 1.807) is 13.3 Å². The van der Waals surface area contributed by atoms with Crippen LogP contribution in [0.4, 0.5) is 0 Å². The van der Waals surface area contributed by atoms with Crippen molar-refractivity contribution in [3.05, 3.63) is 29.8 Å². The third-order valence-corrected chi connectivity index (χ3v) is 2.99. The summed E-state index contributed by atoms with van der Waals surface area (Å²) in [5.74, 6) is 0.694. The van der Waals surface area contributed by atoms with E-state index in [0.29, 0.717) is 6.42 Å². The largest absolute Gasteiger partial charge is 0.497 e. The number of ether oxygens (including phenoxy) is 1. The van der Waals surface area contributed by atoms with Crippen molar-refractivity contribution in [1.82, 2.24) is 5.43 Å². The molecule has 0 atom stereocenters. The Morgan fingerprint density at radius 1 is 1.25 bits per heavy atom. The van der Waals surface area contributed by atoms with Gasteiger partial charge in [0, 0.05) is 6.21 Å². The normalized spacial score (nSPS) is 10.7. The van der Waals surface area contributed by atoms with Gasteiger partial charge in [0.25, 0.3) is 0 Å². The van der Waals surface area contributed by atoms with Crippen molar-refractivity contribution in [2.24, 2.45) is 5.10 Å². The lowest BCUT2D eigenvalue weighted by atomic mass is 10.1. The maximum atomic E-state index is 11.6. The van der Waals surface area contributed by atoms with Crippen LogP contribution >= 0.6 is 0 Å². The van der Waals surface area contributed by atoms with Crippen LogP contribution in [0, 0.1) is 0 Å². The molecule has 0 fully saturated rings. The number of hydrogen-bond acceptors (Lipinski definition) is 3. The van der Waals surface area contributed by atoms with Crippen LogP contribution < -0.4 is 10.2 Å². The molecule has 1 N–H and O–H groups in total. The number of nitrogens with one attached hydrogen (secondary N) is 1. The van der Waals surface area contributed by atoms with Crippen LogP contribution in [0.2, 0.25) is 0 Å². The highest BCUT2D eigenvalue weighted by atomic mass is 16.5. The second kappa shape index (κ2) is 10.0. The van der Waals surface area contributed by atoms with Gasteiger partial charge in [-0.15, -0.1) is 0 Å². The van der Waals surface area contributed by atoms with Crippen molar-refractivity contribution in [2.75, 3.05) is 7.11 Å². The van der Waals surface area contributed by atoms with Crippen molar-refractivity contribution in [3.8, 4) is 5.75 Å². The molecule has 4 nitrogen and oxygen atoms in total. The maximum absolute atomic E-state index is 11.6. The number of hydrogen-bond donors (Lipinski definition) is 1. The zero-order valence-electron chi connectivity index (χ0n) is 12.4. The lowest BCUT2D eigenvalue weighted by Crippen LogP contribution is -2.19. The van der Waals surface area contributed by atoms with Crippen molar-refractivity contribution in [2.45, 2.75) is 45.4 Å². The Morgan fingerprint density at radius 2 is 2.00 bits per heavy atom. The van der Waals surface area contributed by atoms with Gasteiger partial charge in [0.15, 0.2) is 0 Å². The average molecular weight is 276 g/mol. The second-order valence-corrected chi connectivity index (χ2v) is 4.72. The van der Waals surface area contributed by atoms with Gasteiger partial charge in [-0.25, -0.2) is 5.43 Å². The lowest BCUT2D eigenvalue weighted by Gasteiger charge is -2.02. The number of rotatable bonds is 9. The Morgan fingerprint density at radius 3 is 2.65 bits per heavy atom. The first-order valence-corrected chi connectivity index (χ1v) is 7.19. The number of benzene rings is 1. The van der Waals surface area contributed by atoms with Crippen molar-refractivity contribution in [3.63, 3.8) is 0 Å². The predicted molar refractivity (Wildman–Crippen MR) is 82.1 cm³/mol. The van der Waals surface area contributed by atoms with Gasteiger partial charge in [-0.1, -0.05) is 38.3 Å². The first-order chi connectivity index (χ1) is 9.76. The Labute approximate surface area is 121 Å². The summed E-state index contributed by atoms with van der Waals surface area (Å²) in [4.78, 5) is 11.6. The number of carbonyl (C=O) groups excluding carboxylic acids is 1. The standard InChI is InChI=1S/C16H24N2O2/c1-3-4-5-6-7-12-17-18-16(19)13-14-8-10-15(20-2)11-9-14/h8-12H,3-7,13H2,1-2H3,(H,18,19). The minimum Gasteiger partial charge on any atom is -0.497 e. The fourth-order valence-corrected chi connectivity index (χ4v) is 1.81. The molecule has 1 aromatic carbocycles. The zero-order valence-corrected chi connectivity index (χ0v) is 12.4. The second-order valence-electron chi connectivity index (χ2n) is 4.72. The van der Waals surface area contributed by atoms with Gasteiger partial charge >= 0.3 is 0 Å². The number of amides is 1. The Hall–Kier alpha value is -1.84. The molecule has 0 aromatic heterocycles. The van der Waals surface area contributed by atoms with Crippen LogP contribution in [0.15, 0.2) is 29.4 Å². The Balaban J connectivity index is 2.20. The molecule has 0 radical (unpaired) electrons. The third-order valence-electron chi connectivity index (χ3n) is 2.99. The topological polar surface area (TPSA) is 50.7 Å². The molecule has 0 unspecified atom stereocenters. The molecule has 1 rings (SSSR count). The van der Waals surface area contributed by atoms with E-state index < -0.39 is 0 Å². The van der Waals surface area contributed by atoms with Gasteiger partial charge in [0.2, 0.25) is 5.91 Å². The summed E-state index contributed by atoms with van der Waals surface area (Å²) in [6.07, 6.45) is 7.88. The highest BCUT2D eigenvalue weighted by Crippen LogP contribution is 2.11. The molecule has 0 aliphatic heterocycles. The fraction of sp³-hybridized carbons (Fsp3) is 0.500. The first-order valence-electron chi connectivity index (χ1n) is 7.19. The van der Waals surface area contributed by atoms with E-state index in [2.05, 4.69) is 17.5 Å². The molecule has 0 spiro atoms. The van der Waals surface area contributed by atoms with Crippen LogP contribution in [0.3, 0.4) is 0 Å². The Kier molecular flexibility index (Phi) is 8.11. The van der Waals surface area contributed by atoms with Crippen LogP contribution in [-0.2, 0) is 11.2 Å². The fourth-order valence-electron chi connectivity index (χ4n) is 1.81. The van der Waals surface area contributed by atoms with E-state index in [1.807, 2.05) is 24.3 Å². The van der Waals surface area contributed by atoms with E-state index in [9.17, 15) is 4.79 Å². The van der Waals surface area contributed by atoms with Gasteiger partial charge in [-0.2, -0.15) is 5.10 Å². The number of methoxy groups -OCH3 is 1. The van der Waals surface area contributed by atoms with Gasteiger partial charge < -0.3 is 4.74 Å². The molecule has 20 heavy (non-hydrogen) atoms. The molecule has 110 valence electrons. The van der Waals surface area contributed by atoms with Crippen LogP contribution in [0.1, 0.15) is 44.6 Å². The molecule has 0 heterocycles. The smallest absolute Gasteiger partial charge is 0.244 e. The van der Waals surface area contributed by atoms with Crippen molar-refractivity contribution < 1.29 is 9.53 Å². The average Bonchev–Trinajstić information content (AvgIpc) is 2.47. The summed E-state index contributed by atoms with van der Waals surface area (Å²) in [5, 5.41) is 3.95. The quantitative estimate of drug-likeness (QED) is 0.427. The van der Waals surface area contributed by atoms with E-state index >= 15 is 0 Å². The SMILES string of the molecule is CCCCCCC=NNC(=O)Cc1ccc(OC)cc1. The first kappa shape index (κ1) is 16.2. The van der Waals surface area contributed by atoms with Gasteiger partial charge in [-0.05, 0) is 30.5 Å². The molecule has 1 amide bonds. The van der Waals surface area contributed by atoms with E-state index in [0.717, 1.165) is 24.2 Å². The highest BCUT2D eigenvalue weighted by Gasteiger charge is 2.01. The zero-order chi connectivity index (χ0) is 14.6. The molecule has 0 saturated carbocycles. The summed E-state index contributed by atoms with van der Waals surface area (Å²) in [6, 6.07) is 7.46. The van der Waals surface area contributed by atoms with Crippen LogP contribution in [-0.4, -0.2) is 19.2 Å². The maximum Gasteiger partial charge on any atom is 0.244 e. The summed E-state index contributed by atoms with van der Waals surface area (Å²) in [5.41, 5.74) is 3.50. The Bertz CT molecular complexity index is 413. The minimum absolute atomic E-state index is 0.0972. The van der Waals surface area contributed by atoms with Gasteiger partial charge in [0.1, 0.15) is 5.75 Å². The van der Waals surface area contributed by atoms with E-state index in [4.69, 9.17) is 4.74 Å². The summed E-state index contributed by atoms with van der Waals surface area (Å²) in [7, 11) is 1.62. The molecular formula is C16H24N2O2. The number of unbranched alkanes of at least 4 members (excludes halogenated alkanes) is 4. The minimum atomic E-state index is -0.0972. The third kappa shape index (κ3) is 6.92. The molecule has 0 aliphatic carbocycles. The molecule has 1 aromatic rings. The van der Waals surface area contributed by atoms with Crippen LogP contribution in [0.25, 0.3) is 0 Å². The van der Waals surface area contributed by atoms with Crippen molar-refractivity contribution >= 4 is 12.1 Å². The number of hydrazone groups is 1. The number of carbonyl (C=O) groups is 1. The summed E-state index contributed by atoms with van der Waals surface area (Å²) < 4.78 is 5.07.